The minimum atomic E-state index is -3.10. The van der Waals surface area contributed by atoms with Crippen LogP contribution in [0.5, 0.6) is 5.75 Å². The summed E-state index contributed by atoms with van der Waals surface area (Å²) in [6.07, 6.45) is 0. The second-order valence-corrected chi connectivity index (χ2v) is 8.56. The maximum Gasteiger partial charge on any atom is 0.260 e. The average Bonchev–Trinajstić information content (AvgIpc) is 2.82. The van der Waals surface area contributed by atoms with Crippen LogP contribution in [-0.4, -0.2) is 74.5 Å². The monoisotopic (exact) mass is 358 g/mol. The number of amides is 1. The number of rotatable bonds is 3. The van der Waals surface area contributed by atoms with Crippen LogP contribution in [0.4, 0.5) is 0 Å². The zero-order valence-corrected chi connectivity index (χ0v) is 14.4. The van der Waals surface area contributed by atoms with Crippen molar-refractivity contribution in [3.8, 4) is 5.75 Å². The van der Waals surface area contributed by atoms with Gasteiger partial charge in [-0.3, -0.25) is 9.69 Å². The van der Waals surface area contributed by atoms with Crippen molar-refractivity contribution in [2.24, 2.45) is 0 Å². The van der Waals surface area contributed by atoms with Crippen molar-refractivity contribution < 1.29 is 17.9 Å². The predicted octanol–water partition coefficient (Wildman–Crippen LogP) is 0.658. The Bertz CT molecular complexity index is 709. The first-order chi connectivity index (χ1) is 10.9. The van der Waals surface area contributed by atoms with Crippen LogP contribution in [0, 0.1) is 0 Å². The van der Waals surface area contributed by atoms with Crippen LogP contribution >= 0.6 is 11.6 Å². The van der Waals surface area contributed by atoms with Crippen molar-refractivity contribution in [1.82, 2.24) is 9.80 Å². The summed E-state index contributed by atoms with van der Waals surface area (Å²) in [5, 5.41) is 0.444. The van der Waals surface area contributed by atoms with Gasteiger partial charge in [0.2, 0.25) is 0 Å². The Balaban J connectivity index is 1.69. The Morgan fingerprint density at radius 3 is 2.70 bits per heavy atom. The molecule has 0 unspecified atom stereocenters. The van der Waals surface area contributed by atoms with Gasteiger partial charge in [0, 0.05) is 19.1 Å². The maximum atomic E-state index is 12.5. The molecule has 2 fully saturated rings. The van der Waals surface area contributed by atoms with E-state index in [0.29, 0.717) is 23.9 Å². The van der Waals surface area contributed by atoms with E-state index in [0.717, 1.165) is 0 Å². The van der Waals surface area contributed by atoms with Crippen molar-refractivity contribution in [3.63, 3.8) is 0 Å². The quantitative estimate of drug-likeness (QED) is 0.794. The summed E-state index contributed by atoms with van der Waals surface area (Å²) in [5.74, 6) is 0.390. The minimum absolute atomic E-state index is 0.0276. The summed E-state index contributed by atoms with van der Waals surface area (Å²) in [7, 11) is -1.20. The van der Waals surface area contributed by atoms with Gasteiger partial charge in [-0.05, 0) is 19.2 Å². The predicted molar refractivity (Wildman–Crippen MR) is 87.5 cm³/mol. The van der Waals surface area contributed by atoms with Gasteiger partial charge in [-0.15, -0.1) is 0 Å². The summed E-state index contributed by atoms with van der Waals surface area (Å²) < 4.78 is 29.3. The third kappa shape index (κ3) is 3.46. The number of carbonyl (C=O) groups excluding carboxylic acids is 1. The molecular formula is C15H19ClN2O4S. The molecule has 126 valence electrons. The molecule has 2 aliphatic heterocycles. The lowest BCUT2D eigenvalue weighted by atomic mass is 10.1. The van der Waals surface area contributed by atoms with Crippen molar-refractivity contribution in [3.05, 3.63) is 29.3 Å². The van der Waals surface area contributed by atoms with E-state index in [9.17, 15) is 13.2 Å². The molecule has 8 heteroatoms. The Labute approximate surface area is 140 Å². The summed E-state index contributed by atoms with van der Waals surface area (Å²) in [6, 6.07) is 6.53. The fourth-order valence-electron chi connectivity index (χ4n) is 3.22. The first kappa shape index (κ1) is 16.5. The molecule has 23 heavy (non-hydrogen) atoms. The minimum Gasteiger partial charge on any atom is -0.482 e. The fourth-order valence-corrected chi connectivity index (χ4v) is 5.47. The molecule has 2 aliphatic rings. The summed E-state index contributed by atoms with van der Waals surface area (Å²) in [4.78, 5) is 16.2. The van der Waals surface area contributed by atoms with Gasteiger partial charge in [-0.25, -0.2) is 8.42 Å². The molecule has 0 saturated carbocycles. The first-order valence-electron chi connectivity index (χ1n) is 7.45. The maximum absolute atomic E-state index is 12.5. The van der Waals surface area contributed by atoms with Gasteiger partial charge in [-0.2, -0.15) is 0 Å². The van der Waals surface area contributed by atoms with Gasteiger partial charge >= 0.3 is 0 Å². The van der Waals surface area contributed by atoms with Crippen LogP contribution in [-0.2, 0) is 14.6 Å². The van der Waals surface area contributed by atoms with Gasteiger partial charge in [0.15, 0.2) is 16.4 Å². The second-order valence-electron chi connectivity index (χ2n) is 6.00. The number of para-hydroxylation sites is 1. The van der Waals surface area contributed by atoms with Gasteiger partial charge in [0.05, 0.1) is 22.6 Å². The lowest BCUT2D eigenvalue weighted by Crippen LogP contribution is -2.60. The first-order valence-corrected chi connectivity index (χ1v) is 9.65. The molecule has 1 aromatic rings. The molecule has 0 aromatic heterocycles. The van der Waals surface area contributed by atoms with Crippen molar-refractivity contribution >= 4 is 27.3 Å². The topological polar surface area (TPSA) is 66.9 Å². The van der Waals surface area contributed by atoms with E-state index in [1.807, 2.05) is 11.9 Å². The Hall–Kier alpha value is -1.31. The number of carbonyl (C=O) groups is 1. The van der Waals surface area contributed by atoms with Crippen molar-refractivity contribution in [2.45, 2.75) is 12.1 Å². The second kappa shape index (κ2) is 6.30. The lowest BCUT2D eigenvalue weighted by molar-refractivity contribution is -0.138. The lowest BCUT2D eigenvalue weighted by Gasteiger charge is -2.42. The molecule has 1 amide bonds. The number of nitrogens with zero attached hydrogens (tertiary/aromatic N) is 2. The number of fused-ring (bicyclic) bond motifs is 1. The molecular weight excluding hydrogens is 340 g/mol. The van der Waals surface area contributed by atoms with E-state index in [-0.39, 0.29) is 36.1 Å². The Morgan fingerprint density at radius 1 is 1.26 bits per heavy atom. The summed E-state index contributed by atoms with van der Waals surface area (Å²) >= 11 is 6.00. The molecule has 2 heterocycles. The largest absolute Gasteiger partial charge is 0.482 e. The van der Waals surface area contributed by atoms with E-state index < -0.39 is 9.84 Å². The number of likely N-dealkylation sites (N-methyl/N-ethyl adjacent to an activating group) is 1. The number of benzene rings is 1. The van der Waals surface area contributed by atoms with Gasteiger partial charge in [-0.1, -0.05) is 23.7 Å². The Morgan fingerprint density at radius 2 is 1.96 bits per heavy atom. The number of sulfone groups is 1. The summed E-state index contributed by atoms with van der Waals surface area (Å²) in [6.45, 7) is 1.03. The molecule has 1 aromatic carbocycles. The number of ether oxygens (including phenoxy) is 1. The highest BCUT2D eigenvalue weighted by Gasteiger charge is 2.46. The molecule has 0 spiro atoms. The smallest absolute Gasteiger partial charge is 0.260 e. The van der Waals surface area contributed by atoms with Crippen LogP contribution in [0.3, 0.4) is 0 Å². The zero-order chi connectivity index (χ0) is 16.6. The van der Waals surface area contributed by atoms with Crippen LogP contribution in [0.2, 0.25) is 5.02 Å². The van der Waals surface area contributed by atoms with Crippen LogP contribution in [0.1, 0.15) is 0 Å². The van der Waals surface area contributed by atoms with E-state index in [1.54, 1.807) is 29.2 Å². The molecule has 0 N–H and O–H groups in total. The zero-order valence-electron chi connectivity index (χ0n) is 12.8. The van der Waals surface area contributed by atoms with E-state index in [2.05, 4.69) is 0 Å². The number of piperazine rings is 1. The average molecular weight is 359 g/mol. The van der Waals surface area contributed by atoms with Crippen LogP contribution in [0.25, 0.3) is 0 Å². The molecule has 6 nitrogen and oxygen atoms in total. The molecule has 2 atom stereocenters. The van der Waals surface area contributed by atoms with E-state index in [1.165, 1.54) is 0 Å². The highest BCUT2D eigenvalue weighted by Crippen LogP contribution is 2.27. The van der Waals surface area contributed by atoms with Crippen LogP contribution in [0.15, 0.2) is 24.3 Å². The van der Waals surface area contributed by atoms with Crippen molar-refractivity contribution in [2.75, 3.05) is 38.2 Å². The SMILES string of the molecule is CN1CCN(C(=O)COc2ccccc2Cl)[C@H]2CS(=O)(=O)C[C@H]21. The Kier molecular flexibility index (Phi) is 4.53. The highest BCUT2D eigenvalue weighted by molar-refractivity contribution is 7.91. The normalized spacial score (nSPS) is 26.8. The standard InChI is InChI=1S/C15H19ClN2O4S/c1-17-6-7-18(13-10-23(20,21)9-12(13)17)15(19)8-22-14-5-3-2-4-11(14)16/h2-5,12-13H,6-10H2,1H3/t12-,13+/m1/s1. The third-order valence-corrected chi connectivity index (χ3v) is 6.47. The molecule has 3 rings (SSSR count). The molecule has 0 bridgehead atoms. The van der Waals surface area contributed by atoms with E-state index >= 15 is 0 Å². The van der Waals surface area contributed by atoms with Crippen LogP contribution < -0.4 is 4.74 Å². The van der Waals surface area contributed by atoms with Gasteiger partial charge in [0.1, 0.15) is 5.75 Å². The third-order valence-electron chi connectivity index (χ3n) is 4.46. The molecule has 2 saturated heterocycles. The molecule has 0 radical (unpaired) electrons. The fraction of sp³-hybridized carbons (Fsp3) is 0.533. The van der Waals surface area contributed by atoms with Gasteiger partial charge in [0.25, 0.3) is 5.91 Å². The van der Waals surface area contributed by atoms with Crippen molar-refractivity contribution in [1.29, 1.82) is 0 Å². The van der Waals surface area contributed by atoms with E-state index in [4.69, 9.17) is 16.3 Å². The number of hydrogen-bond donors (Lipinski definition) is 0. The molecule has 0 aliphatic carbocycles. The summed E-state index contributed by atoms with van der Waals surface area (Å²) in [5.41, 5.74) is 0. The highest BCUT2D eigenvalue weighted by atomic mass is 35.5. The number of hydrogen-bond acceptors (Lipinski definition) is 5. The number of halogens is 1. The van der Waals surface area contributed by atoms with Gasteiger partial charge < -0.3 is 9.64 Å².